The normalized spacial score (nSPS) is 39.9. The number of nitrogens with one attached hydrogen (secondary N) is 1. The smallest absolute Gasteiger partial charge is 0.220 e. The standard InChI is InChI=1S/C23H32N2O2/c26-21(15-23-12-16-9-17(13-23)11-18(10-16)14-23)25-19-4-6-20(7-5-19)27-22-3-1-2-8-24-22/h1-3,8,16-20H,4-7,9-15H2,(H,25,26). The van der Waals surface area contributed by atoms with E-state index in [2.05, 4.69) is 10.3 Å². The number of amides is 1. The van der Waals surface area contributed by atoms with E-state index in [1.54, 1.807) is 6.20 Å². The van der Waals surface area contributed by atoms with Gasteiger partial charge in [-0.2, -0.15) is 0 Å². The SMILES string of the molecule is O=C(CC12CC3CC(CC(C3)C1)C2)NC1CCC(Oc2ccccn2)CC1. The number of carbonyl (C=O) groups is 1. The van der Waals surface area contributed by atoms with E-state index in [-0.39, 0.29) is 6.10 Å². The minimum atomic E-state index is 0.233. The molecule has 4 bridgehead atoms. The van der Waals surface area contributed by atoms with Gasteiger partial charge in [-0.1, -0.05) is 6.07 Å². The summed E-state index contributed by atoms with van der Waals surface area (Å²) < 4.78 is 5.98. The lowest BCUT2D eigenvalue weighted by atomic mass is 9.49. The molecule has 1 amide bonds. The summed E-state index contributed by atoms with van der Waals surface area (Å²) in [5.74, 6) is 3.78. The third-order valence-corrected chi connectivity index (χ3v) is 7.67. The van der Waals surface area contributed by atoms with Gasteiger partial charge in [-0.25, -0.2) is 4.98 Å². The fourth-order valence-electron chi connectivity index (χ4n) is 7.04. The maximum Gasteiger partial charge on any atom is 0.220 e. The van der Waals surface area contributed by atoms with Gasteiger partial charge in [-0.3, -0.25) is 4.79 Å². The molecule has 1 N–H and O–H groups in total. The summed E-state index contributed by atoms with van der Waals surface area (Å²) in [7, 11) is 0. The molecule has 1 aromatic heterocycles. The van der Waals surface area contributed by atoms with Gasteiger partial charge >= 0.3 is 0 Å². The van der Waals surface area contributed by atoms with E-state index in [0.29, 0.717) is 23.2 Å². The van der Waals surface area contributed by atoms with Crippen LogP contribution in [0.4, 0.5) is 0 Å². The van der Waals surface area contributed by atoms with Gasteiger partial charge in [0.2, 0.25) is 11.8 Å². The van der Waals surface area contributed by atoms with Crippen LogP contribution in [0.1, 0.15) is 70.6 Å². The first-order valence-electron chi connectivity index (χ1n) is 11.0. The predicted molar refractivity (Wildman–Crippen MR) is 104 cm³/mol. The Bertz CT molecular complexity index is 631. The molecule has 146 valence electrons. The Balaban J connectivity index is 1.10. The third-order valence-electron chi connectivity index (χ3n) is 7.67. The van der Waals surface area contributed by atoms with Crippen LogP contribution >= 0.6 is 0 Å². The highest BCUT2D eigenvalue weighted by Gasteiger charge is 2.51. The van der Waals surface area contributed by atoms with Gasteiger partial charge in [0.25, 0.3) is 0 Å². The molecule has 6 rings (SSSR count). The molecule has 4 heteroatoms. The molecular formula is C23H32N2O2. The molecule has 0 spiro atoms. The van der Waals surface area contributed by atoms with Crippen LogP contribution in [0.2, 0.25) is 0 Å². The van der Waals surface area contributed by atoms with Crippen molar-refractivity contribution in [2.45, 2.75) is 82.8 Å². The number of ether oxygens (including phenoxy) is 1. The van der Waals surface area contributed by atoms with Gasteiger partial charge in [-0.05, 0) is 93.4 Å². The van der Waals surface area contributed by atoms with E-state index in [0.717, 1.165) is 49.9 Å². The number of hydrogen-bond donors (Lipinski definition) is 1. The molecule has 5 aliphatic carbocycles. The fraction of sp³-hybridized carbons (Fsp3) is 0.739. The van der Waals surface area contributed by atoms with Gasteiger partial charge < -0.3 is 10.1 Å². The van der Waals surface area contributed by atoms with Crippen molar-refractivity contribution in [3.63, 3.8) is 0 Å². The molecule has 0 aromatic carbocycles. The van der Waals surface area contributed by atoms with Gasteiger partial charge in [0.15, 0.2) is 0 Å². The first-order valence-corrected chi connectivity index (χ1v) is 11.0. The Morgan fingerprint density at radius 1 is 1.04 bits per heavy atom. The summed E-state index contributed by atoms with van der Waals surface area (Å²) in [6.45, 7) is 0. The van der Waals surface area contributed by atoms with Crippen LogP contribution in [0, 0.1) is 23.2 Å². The van der Waals surface area contributed by atoms with Crippen molar-refractivity contribution in [2.24, 2.45) is 23.2 Å². The summed E-state index contributed by atoms with van der Waals surface area (Å²) >= 11 is 0. The van der Waals surface area contributed by atoms with Gasteiger partial charge in [0, 0.05) is 24.7 Å². The number of carbonyl (C=O) groups excluding carboxylic acids is 1. The first kappa shape index (κ1) is 17.5. The van der Waals surface area contributed by atoms with Crippen molar-refractivity contribution in [2.75, 3.05) is 0 Å². The van der Waals surface area contributed by atoms with Crippen LogP contribution in [0.15, 0.2) is 24.4 Å². The van der Waals surface area contributed by atoms with Crippen molar-refractivity contribution in [3.8, 4) is 5.88 Å². The summed E-state index contributed by atoms with van der Waals surface area (Å²) in [6, 6.07) is 6.11. The molecular weight excluding hydrogens is 336 g/mol. The number of pyridine rings is 1. The van der Waals surface area contributed by atoms with Crippen LogP contribution in [0.5, 0.6) is 5.88 Å². The second-order valence-corrected chi connectivity index (χ2v) is 9.92. The lowest BCUT2D eigenvalue weighted by Gasteiger charge is -2.56. The van der Waals surface area contributed by atoms with E-state index in [9.17, 15) is 4.79 Å². The Hall–Kier alpha value is -1.58. The van der Waals surface area contributed by atoms with E-state index in [4.69, 9.17) is 4.74 Å². The van der Waals surface area contributed by atoms with E-state index >= 15 is 0 Å². The van der Waals surface area contributed by atoms with Gasteiger partial charge in [-0.15, -0.1) is 0 Å². The molecule has 0 unspecified atom stereocenters. The molecule has 5 saturated carbocycles. The molecule has 1 aromatic rings. The average Bonchev–Trinajstić information content (AvgIpc) is 2.62. The Morgan fingerprint density at radius 2 is 1.70 bits per heavy atom. The molecule has 4 nitrogen and oxygen atoms in total. The second kappa shape index (κ2) is 7.10. The van der Waals surface area contributed by atoms with Crippen LogP contribution in [-0.4, -0.2) is 23.0 Å². The largest absolute Gasteiger partial charge is 0.474 e. The van der Waals surface area contributed by atoms with Gasteiger partial charge in [0.1, 0.15) is 6.10 Å². The highest BCUT2D eigenvalue weighted by atomic mass is 16.5. The van der Waals surface area contributed by atoms with Crippen molar-refractivity contribution in [1.29, 1.82) is 0 Å². The molecule has 0 radical (unpaired) electrons. The van der Waals surface area contributed by atoms with Crippen molar-refractivity contribution >= 4 is 5.91 Å². The number of aromatic nitrogens is 1. The van der Waals surface area contributed by atoms with Crippen LogP contribution in [0.25, 0.3) is 0 Å². The van der Waals surface area contributed by atoms with E-state index < -0.39 is 0 Å². The van der Waals surface area contributed by atoms with Gasteiger partial charge in [0.05, 0.1) is 0 Å². The highest BCUT2D eigenvalue weighted by Crippen LogP contribution is 2.61. The zero-order valence-corrected chi connectivity index (χ0v) is 16.2. The van der Waals surface area contributed by atoms with Crippen molar-refractivity contribution in [1.82, 2.24) is 10.3 Å². The Kier molecular flexibility index (Phi) is 4.61. The maximum absolute atomic E-state index is 12.8. The Morgan fingerprint density at radius 3 is 2.30 bits per heavy atom. The zero-order valence-electron chi connectivity index (χ0n) is 16.2. The first-order chi connectivity index (χ1) is 13.2. The average molecular weight is 369 g/mol. The lowest BCUT2D eigenvalue weighted by molar-refractivity contribution is -0.130. The lowest BCUT2D eigenvalue weighted by Crippen LogP contribution is -2.49. The van der Waals surface area contributed by atoms with Crippen LogP contribution in [0.3, 0.4) is 0 Å². The predicted octanol–water partition coefficient (Wildman–Crippen LogP) is 4.49. The minimum absolute atomic E-state index is 0.233. The number of nitrogens with zero attached hydrogens (tertiary/aromatic N) is 1. The minimum Gasteiger partial charge on any atom is -0.474 e. The molecule has 0 saturated heterocycles. The summed E-state index contributed by atoms with van der Waals surface area (Å²) in [6.07, 6.45) is 15.1. The second-order valence-electron chi connectivity index (χ2n) is 9.92. The zero-order chi connectivity index (χ0) is 18.3. The van der Waals surface area contributed by atoms with E-state index in [1.165, 1.54) is 38.5 Å². The monoisotopic (exact) mass is 368 g/mol. The molecule has 0 aliphatic heterocycles. The Labute approximate surface area is 162 Å². The maximum atomic E-state index is 12.8. The van der Waals surface area contributed by atoms with E-state index in [1.807, 2.05) is 18.2 Å². The van der Waals surface area contributed by atoms with Crippen LogP contribution in [-0.2, 0) is 4.79 Å². The fourth-order valence-corrected chi connectivity index (χ4v) is 7.04. The summed E-state index contributed by atoms with van der Waals surface area (Å²) in [4.78, 5) is 17.1. The topological polar surface area (TPSA) is 51.2 Å². The van der Waals surface area contributed by atoms with Crippen LogP contribution < -0.4 is 10.1 Å². The molecule has 27 heavy (non-hydrogen) atoms. The summed E-state index contributed by atoms with van der Waals surface area (Å²) in [5, 5.41) is 3.37. The number of hydrogen-bond acceptors (Lipinski definition) is 3. The number of rotatable bonds is 5. The van der Waals surface area contributed by atoms with Crippen molar-refractivity contribution < 1.29 is 9.53 Å². The molecule has 1 heterocycles. The molecule has 5 aliphatic rings. The quantitative estimate of drug-likeness (QED) is 0.833. The summed E-state index contributed by atoms with van der Waals surface area (Å²) in [5.41, 5.74) is 0.345. The highest BCUT2D eigenvalue weighted by molar-refractivity contribution is 5.77. The molecule has 5 fully saturated rings. The molecule has 0 atom stereocenters. The third kappa shape index (κ3) is 3.86. The van der Waals surface area contributed by atoms with Crippen molar-refractivity contribution in [3.05, 3.63) is 24.4 Å².